The van der Waals surface area contributed by atoms with Gasteiger partial charge in [-0.1, -0.05) is 12.1 Å². The second-order valence-electron chi connectivity index (χ2n) is 6.17. The first-order valence-electron chi connectivity index (χ1n) is 8.29. The van der Waals surface area contributed by atoms with E-state index in [4.69, 9.17) is 4.74 Å². The zero-order valence-corrected chi connectivity index (χ0v) is 16.3. The molecule has 0 aliphatic rings. The highest BCUT2D eigenvalue weighted by Crippen LogP contribution is 2.19. The van der Waals surface area contributed by atoms with Gasteiger partial charge in [-0.25, -0.2) is 0 Å². The predicted octanol–water partition coefficient (Wildman–Crippen LogP) is 1.74. The fourth-order valence-electron chi connectivity index (χ4n) is 2.50. The summed E-state index contributed by atoms with van der Waals surface area (Å²) in [5.41, 5.74) is 1.49. The van der Waals surface area contributed by atoms with Crippen molar-refractivity contribution >= 4 is 18.3 Å². The third-order valence-electron chi connectivity index (χ3n) is 3.72. The van der Waals surface area contributed by atoms with Crippen molar-refractivity contribution in [1.29, 1.82) is 0 Å². The number of ether oxygens (including phenoxy) is 1. The monoisotopic (exact) mass is 382 g/mol. The van der Waals surface area contributed by atoms with Crippen LogP contribution < -0.4 is 15.4 Å². The molecular formula is C18H27ClN4O3. The number of carbonyl (C=O) groups excluding carboxylic acids is 1. The molecule has 3 N–H and O–H groups in total. The zero-order valence-electron chi connectivity index (χ0n) is 15.5. The third-order valence-corrected chi connectivity index (χ3v) is 3.72. The number of aliphatic hydroxyl groups is 1. The number of benzene rings is 1. The van der Waals surface area contributed by atoms with E-state index in [-0.39, 0.29) is 31.0 Å². The Kier molecular flexibility index (Phi) is 8.57. The second-order valence-corrected chi connectivity index (χ2v) is 6.17. The van der Waals surface area contributed by atoms with Gasteiger partial charge in [-0.2, -0.15) is 5.10 Å². The van der Waals surface area contributed by atoms with Crippen molar-refractivity contribution in [2.24, 2.45) is 7.05 Å². The van der Waals surface area contributed by atoms with Crippen molar-refractivity contribution in [3.05, 3.63) is 47.8 Å². The summed E-state index contributed by atoms with van der Waals surface area (Å²) in [6.07, 6.45) is 2.74. The number of nitrogens with one attached hydrogen (secondary N) is 2. The molecule has 2 aromatic rings. The summed E-state index contributed by atoms with van der Waals surface area (Å²) in [5, 5.41) is 20.1. The van der Waals surface area contributed by atoms with Gasteiger partial charge in [0.25, 0.3) is 0 Å². The van der Waals surface area contributed by atoms with Gasteiger partial charge in [0.05, 0.1) is 18.4 Å². The Morgan fingerprint density at radius 1 is 1.27 bits per heavy atom. The molecule has 0 radical (unpaired) electrons. The molecule has 144 valence electrons. The van der Waals surface area contributed by atoms with Crippen LogP contribution in [0.3, 0.4) is 0 Å². The van der Waals surface area contributed by atoms with Crippen molar-refractivity contribution in [3.63, 3.8) is 0 Å². The van der Waals surface area contributed by atoms with Crippen LogP contribution in [0.5, 0.6) is 5.75 Å². The van der Waals surface area contributed by atoms with Crippen LogP contribution in [0.15, 0.2) is 36.7 Å². The summed E-state index contributed by atoms with van der Waals surface area (Å²) in [6, 6.07) is 6.71. The number of aliphatic hydroxyl groups excluding tert-OH is 1. The van der Waals surface area contributed by atoms with E-state index < -0.39 is 12.1 Å². The van der Waals surface area contributed by atoms with Crippen LogP contribution in [0.25, 0.3) is 0 Å². The molecule has 0 saturated carbocycles. The van der Waals surface area contributed by atoms with E-state index in [0.29, 0.717) is 0 Å². The summed E-state index contributed by atoms with van der Waals surface area (Å²) in [5.74, 6) is 0.538. The van der Waals surface area contributed by atoms with Gasteiger partial charge in [0.1, 0.15) is 11.8 Å². The number of hydrogen-bond acceptors (Lipinski definition) is 5. The lowest BCUT2D eigenvalue weighted by atomic mass is 10.1. The molecule has 1 aromatic heterocycles. The minimum absolute atomic E-state index is 0. The number of carbonyl (C=O) groups is 1. The maximum Gasteiger partial charge on any atom is 0.241 e. The SMILES string of the molecule is CNC(C(=O)NCC(O)c1ccc(OC(C)C)cc1)c1cnn(C)c1.Cl. The number of likely N-dealkylation sites (N-methyl/N-ethyl adjacent to an activating group) is 1. The van der Waals surface area contributed by atoms with Crippen LogP contribution in [0.1, 0.15) is 37.1 Å². The van der Waals surface area contributed by atoms with Crippen LogP contribution in [-0.4, -0.2) is 40.5 Å². The van der Waals surface area contributed by atoms with Gasteiger partial charge in [0, 0.05) is 25.4 Å². The first-order chi connectivity index (χ1) is 11.9. The first-order valence-corrected chi connectivity index (χ1v) is 8.29. The highest BCUT2D eigenvalue weighted by Gasteiger charge is 2.21. The number of nitrogens with zero attached hydrogens (tertiary/aromatic N) is 2. The largest absolute Gasteiger partial charge is 0.491 e. The van der Waals surface area contributed by atoms with E-state index in [1.54, 1.807) is 43.3 Å². The molecule has 2 atom stereocenters. The number of aromatic nitrogens is 2. The molecule has 0 aliphatic heterocycles. The van der Waals surface area contributed by atoms with Gasteiger partial charge in [-0.05, 0) is 38.6 Å². The van der Waals surface area contributed by atoms with E-state index in [9.17, 15) is 9.90 Å². The van der Waals surface area contributed by atoms with E-state index >= 15 is 0 Å². The Hall–Kier alpha value is -2.09. The summed E-state index contributed by atoms with van der Waals surface area (Å²) in [4.78, 5) is 12.4. The third kappa shape index (κ3) is 6.01. The molecule has 7 nitrogen and oxygen atoms in total. The lowest BCUT2D eigenvalue weighted by molar-refractivity contribution is -0.123. The van der Waals surface area contributed by atoms with E-state index in [0.717, 1.165) is 16.9 Å². The number of halogens is 1. The molecule has 1 aromatic carbocycles. The number of hydrogen-bond donors (Lipinski definition) is 3. The minimum Gasteiger partial charge on any atom is -0.491 e. The highest BCUT2D eigenvalue weighted by molar-refractivity contribution is 5.85. The van der Waals surface area contributed by atoms with E-state index in [2.05, 4.69) is 15.7 Å². The molecular weight excluding hydrogens is 356 g/mol. The van der Waals surface area contributed by atoms with E-state index in [1.807, 2.05) is 26.0 Å². The van der Waals surface area contributed by atoms with Gasteiger partial charge in [-0.3, -0.25) is 9.48 Å². The number of rotatable bonds is 8. The highest BCUT2D eigenvalue weighted by atomic mass is 35.5. The topological polar surface area (TPSA) is 88.4 Å². The first kappa shape index (κ1) is 22.0. The number of amides is 1. The molecule has 0 aliphatic carbocycles. The molecule has 1 heterocycles. The Labute approximate surface area is 160 Å². The summed E-state index contributed by atoms with van der Waals surface area (Å²) >= 11 is 0. The van der Waals surface area contributed by atoms with Crippen LogP contribution in [0.2, 0.25) is 0 Å². The second kappa shape index (κ2) is 10.2. The van der Waals surface area contributed by atoms with Gasteiger partial charge >= 0.3 is 0 Å². The summed E-state index contributed by atoms with van der Waals surface area (Å²) in [6.45, 7) is 4.04. The molecule has 8 heteroatoms. The maximum absolute atomic E-state index is 12.4. The van der Waals surface area contributed by atoms with Gasteiger partial charge in [0.15, 0.2) is 0 Å². The molecule has 2 rings (SSSR count). The lowest BCUT2D eigenvalue weighted by Crippen LogP contribution is -2.37. The molecule has 26 heavy (non-hydrogen) atoms. The van der Waals surface area contributed by atoms with E-state index in [1.165, 1.54) is 0 Å². The van der Waals surface area contributed by atoms with Crippen LogP contribution in [0.4, 0.5) is 0 Å². The van der Waals surface area contributed by atoms with Crippen molar-refractivity contribution in [3.8, 4) is 5.75 Å². The number of aryl methyl sites for hydroxylation is 1. The average molecular weight is 383 g/mol. The average Bonchev–Trinajstić information content (AvgIpc) is 2.99. The zero-order chi connectivity index (χ0) is 18.4. The standard InChI is InChI=1S/C18H26N4O3.ClH/c1-12(2)25-15-7-5-13(6-8-15)16(23)10-20-18(24)17(19-3)14-9-21-22(4)11-14;/h5-9,11-12,16-17,19,23H,10H2,1-4H3,(H,20,24);1H. The Morgan fingerprint density at radius 2 is 1.92 bits per heavy atom. The fourth-order valence-corrected chi connectivity index (χ4v) is 2.50. The minimum atomic E-state index is -0.788. The molecule has 1 amide bonds. The molecule has 0 spiro atoms. The van der Waals surface area contributed by atoms with Crippen molar-refractivity contribution in [1.82, 2.24) is 20.4 Å². The van der Waals surface area contributed by atoms with Gasteiger partial charge in [0.2, 0.25) is 5.91 Å². The fraction of sp³-hybridized carbons (Fsp3) is 0.444. The Bertz CT molecular complexity index is 688. The predicted molar refractivity (Wildman–Crippen MR) is 102 cm³/mol. The summed E-state index contributed by atoms with van der Waals surface area (Å²) < 4.78 is 7.22. The Balaban J connectivity index is 0.00000338. The van der Waals surface area contributed by atoms with Gasteiger partial charge in [-0.15, -0.1) is 12.4 Å². The molecule has 0 saturated heterocycles. The van der Waals surface area contributed by atoms with Crippen molar-refractivity contribution in [2.45, 2.75) is 32.1 Å². The normalized spacial score (nSPS) is 13.0. The quantitative estimate of drug-likeness (QED) is 0.647. The molecule has 0 fully saturated rings. The maximum atomic E-state index is 12.4. The molecule has 0 bridgehead atoms. The lowest BCUT2D eigenvalue weighted by Gasteiger charge is -2.17. The van der Waals surface area contributed by atoms with Crippen molar-refractivity contribution in [2.75, 3.05) is 13.6 Å². The van der Waals surface area contributed by atoms with Crippen LogP contribution in [0, 0.1) is 0 Å². The smallest absolute Gasteiger partial charge is 0.241 e. The van der Waals surface area contributed by atoms with Gasteiger partial charge < -0.3 is 20.5 Å². The summed E-state index contributed by atoms with van der Waals surface area (Å²) in [7, 11) is 3.51. The molecule has 2 unspecified atom stereocenters. The van der Waals surface area contributed by atoms with Crippen LogP contribution >= 0.6 is 12.4 Å². The van der Waals surface area contributed by atoms with Crippen LogP contribution in [-0.2, 0) is 11.8 Å². The van der Waals surface area contributed by atoms with Crippen molar-refractivity contribution < 1.29 is 14.6 Å². The Morgan fingerprint density at radius 3 is 2.42 bits per heavy atom.